The number of rotatable bonds is 1. The molecular weight excluding hydrogens is 190 g/mol. The molecule has 0 spiro atoms. The summed E-state index contributed by atoms with van der Waals surface area (Å²) in [5.74, 6) is 0.120. The summed E-state index contributed by atoms with van der Waals surface area (Å²) in [4.78, 5) is 13.4. The molecule has 1 heterocycles. The number of hydrogen-bond acceptors (Lipinski definition) is 2. The molecule has 2 rings (SSSR count). The Morgan fingerprint density at radius 1 is 1.53 bits per heavy atom. The van der Waals surface area contributed by atoms with Crippen LogP contribution in [-0.4, -0.2) is 17.6 Å². The predicted octanol–water partition coefficient (Wildman–Crippen LogP) is 1.87. The van der Waals surface area contributed by atoms with E-state index in [4.69, 9.17) is 0 Å². The average molecular weight is 205 g/mol. The monoisotopic (exact) mass is 205 g/mol. The van der Waals surface area contributed by atoms with Crippen molar-refractivity contribution in [2.75, 3.05) is 11.4 Å². The molecule has 1 aromatic carbocycles. The van der Waals surface area contributed by atoms with E-state index in [0.29, 0.717) is 19.4 Å². The van der Waals surface area contributed by atoms with Crippen molar-refractivity contribution in [3.63, 3.8) is 0 Å². The van der Waals surface area contributed by atoms with E-state index in [1.807, 2.05) is 31.2 Å². The maximum absolute atomic E-state index is 11.7. The second kappa shape index (κ2) is 4.03. The Morgan fingerprint density at radius 2 is 2.27 bits per heavy atom. The van der Waals surface area contributed by atoms with E-state index in [1.54, 1.807) is 4.90 Å². The molecule has 0 bridgehead atoms. The van der Waals surface area contributed by atoms with Gasteiger partial charge >= 0.3 is 0 Å². The van der Waals surface area contributed by atoms with Gasteiger partial charge < -0.3 is 10.0 Å². The van der Waals surface area contributed by atoms with E-state index < -0.39 is 6.10 Å². The minimum atomic E-state index is -0.429. The summed E-state index contributed by atoms with van der Waals surface area (Å²) >= 11 is 0. The number of aliphatic hydroxyl groups is 1. The van der Waals surface area contributed by atoms with Gasteiger partial charge in [-0.25, -0.2) is 0 Å². The Balaban J connectivity index is 2.40. The maximum Gasteiger partial charge on any atom is 0.226 e. The number of amides is 1. The molecule has 0 fully saturated rings. The third kappa shape index (κ3) is 1.75. The number of aliphatic hydroxyl groups excluding tert-OH is 1. The van der Waals surface area contributed by atoms with Gasteiger partial charge in [-0.3, -0.25) is 4.79 Å². The Morgan fingerprint density at radius 3 is 3.00 bits per heavy atom. The topological polar surface area (TPSA) is 40.5 Å². The molecule has 0 saturated heterocycles. The minimum Gasteiger partial charge on any atom is -0.388 e. The number of anilines is 1. The van der Waals surface area contributed by atoms with Crippen molar-refractivity contribution in [3.8, 4) is 0 Å². The number of hydrogen-bond donors (Lipinski definition) is 1. The predicted molar refractivity (Wildman–Crippen MR) is 58.7 cm³/mol. The number of carbonyl (C=O) groups is 1. The van der Waals surface area contributed by atoms with Crippen LogP contribution in [-0.2, 0) is 4.79 Å². The molecule has 1 aliphatic heterocycles. The van der Waals surface area contributed by atoms with Crippen LogP contribution in [0.5, 0.6) is 0 Å². The molecule has 1 N–H and O–H groups in total. The molecule has 1 amide bonds. The van der Waals surface area contributed by atoms with Gasteiger partial charge in [0.15, 0.2) is 0 Å². The van der Waals surface area contributed by atoms with Gasteiger partial charge in [0, 0.05) is 24.2 Å². The van der Waals surface area contributed by atoms with Crippen LogP contribution in [0.15, 0.2) is 24.3 Å². The fourth-order valence-corrected chi connectivity index (χ4v) is 1.99. The number of carbonyl (C=O) groups excluding carboxylic acids is 1. The number of para-hydroxylation sites is 1. The van der Waals surface area contributed by atoms with Gasteiger partial charge in [-0.2, -0.15) is 0 Å². The van der Waals surface area contributed by atoms with Gasteiger partial charge in [0.05, 0.1) is 6.10 Å². The average Bonchev–Trinajstić information content (AvgIpc) is 2.29. The molecule has 0 radical (unpaired) electrons. The van der Waals surface area contributed by atoms with Crippen LogP contribution in [0.3, 0.4) is 0 Å². The third-order valence-corrected chi connectivity index (χ3v) is 2.82. The largest absolute Gasteiger partial charge is 0.388 e. The van der Waals surface area contributed by atoms with Crippen molar-refractivity contribution in [2.45, 2.75) is 25.9 Å². The van der Waals surface area contributed by atoms with Crippen LogP contribution in [0, 0.1) is 0 Å². The first-order chi connectivity index (χ1) is 7.24. The van der Waals surface area contributed by atoms with Crippen molar-refractivity contribution >= 4 is 11.6 Å². The van der Waals surface area contributed by atoms with Crippen molar-refractivity contribution in [3.05, 3.63) is 29.8 Å². The second-order valence-electron chi connectivity index (χ2n) is 3.76. The Kier molecular flexibility index (Phi) is 2.73. The summed E-state index contributed by atoms with van der Waals surface area (Å²) in [6.45, 7) is 2.47. The number of nitrogens with zero attached hydrogens (tertiary/aromatic N) is 1. The second-order valence-corrected chi connectivity index (χ2v) is 3.76. The summed E-state index contributed by atoms with van der Waals surface area (Å²) in [6.07, 6.45) is 0.704. The first kappa shape index (κ1) is 10.2. The smallest absolute Gasteiger partial charge is 0.226 e. The zero-order valence-electron chi connectivity index (χ0n) is 8.81. The van der Waals surface area contributed by atoms with E-state index in [-0.39, 0.29) is 5.91 Å². The third-order valence-electron chi connectivity index (χ3n) is 2.82. The lowest BCUT2D eigenvalue weighted by atomic mass is 9.99. The van der Waals surface area contributed by atoms with E-state index in [9.17, 15) is 9.90 Å². The van der Waals surface area contributed by atoms with E-state index in [2.05, 4.69) is 0 Å². The quantitative estimate of drug-likeness (QED) is 0.760. The van der Waals surface area contributed by atoms with Crippen molar-refractivity contribution in [2.24, 2.45) is 0 Å². The van der Waals surface area contributed by atoms with Crippen LogP contribution < -0.4 is 4.90 Å². The molecule has 3 heteroatoms. The summed E-state index contributed by atoms with van der Waals surface area (Å²) in [7, 11) is 0. The summed E-state index contributed by atoms with van der Waals surface area (Å²) in [5, 5.41) is 9.80. The highest BCUT2D eigenvalue weighted by molar-refractivity contribution is 5.94. The summed E-state index contributed by atoms with van der Waals surface area (Å²) in [6, 6.07) is 7.56. The summed E-state index contributed by atoms with van der Waals surface area (Å²) in [5.41, 5.74) is 1.73. The zero-order chi connectivity index (χ0) is 10.8. The molecule has 0 aromatic heterocycles. The molecule has 0 aliphatic carbocycles. The van der Waals surface area contributed by atoms with Gasteiger partial charge in [0.2, 0.25) is 5.91 Å². The first-order valence-electron chi connectivity index (χ1n) is 5.31. The molecule has 80 valence electrons. The lowest BCUT2D eigenvalue weighted by molar-refractivity contribution is -0.118. The van der Waals surface area contributed by atoms with Crippen LogP contribution in [0.4, 0.5) is 5.69 Å². The molecule has 3 nitrogen and oxygen atoms in total. The van der Waals surface area contributed by atoms with Gasteiger partial charge in [0.1, 0.15) is 0 Å². The van der Waals surface area contributed by atoms with Crippen LogP contribution in [0.25, 0.3) is 0 Å². The molecule has 0 saturated carbocycles. The highest BCUT2D eigenvalue weighted by Gasteiger charge is 2.25. The maximum atomic E-state index is 11.7. The molecular formula is C12H15NO2. The van der Waals surface area contributed by atoms with Gasteiger partial charge in [-0.15, -0.1) is 0 Å². The van der Waals surface area contributed by atoms with E-state index in [0.717, 1.165) is 11.3 Å². The SMILES string of the molecule is CCC(=O)N1CC[C@@H](O)c2ccccc21. The molecule has 1 aromatic rings. The van der Waals surface area contributed by atoms with E-state index in [1.165, 1.54) is 0 Å². The van der Waals surface area contributed by atoms with Crippen LogP contribution >= 0.6 is 0 Å². The van der Waals surface area contributed by atoms with Crippen molar-refractivity contribution in [1.82, 2.24) is 0 Å². The molecule has 1 aliphatic rings. The van der Waals surface area contributed by atoms with Crippen molar-refractivity contribution in [1.29, 1.82) is 0 Å². The highest BCUT2D eigenvalue weighted by atomic mass is 16.3. The Labute approximate surface area is 89.3 Å². The number of fused-ring (bicyclic) bond motifs is 1. The molecule has 1 atom stereocenters. The molecule has 0 unspecified atom stereocenters. The minimum absolute atomic E-state index is 0.120. The highest BCUT2D eigenvalue weighted by Crippen LogP contribution is 2.33. The van der Waals surface area contributed by atoms with Crippen LogP contribution in [0.1, 0.15) is 31.4 Å². The Bertz CT molecular complexity index is 376. The number of benzene rings is 1. The van der Waals surface area contributed by atoms with Crippen molar-refractivity contribution < 1.29 is 9.90 Å². The zero-order valence-corrected chi connectivity index (χ0v) is 8.81. The fraction of sp³-hybridized carbons (Fsp3) is 0.417. The first-order valence-corrected chi connectivity index (χ1v) is 5.31. The van der Waals surface area contributed by atoms with Gasteiger partial charge in [-0.1, -0.05) is 25.1 Å². The standard InChI is InChI=1S/C12H15NO2/c1-2-12(15)13-8-7-11(14)9-5-3-4-6-10(9)13/h3-6,11,14H,2,7-8H2,1H3/t11-/m1/s1. The fourth-order valence-electron chi connectivity index (χ4n) is 1.99. The van der Waals surface area contributed by atoms with Gasteiger partial charge in [-0.05, 0) is 12.5 Å². The molecule has 15 heavy (non-hydrogen) atoms. The lowest BCUT2D eigenvalue weighted by Gasteiger charge is -2.32. The van der Waals surface area contributed by atoms with Gasteiger partial charge in [0.25, 0.3) is 0 Å². The van der Waals surface area contributed by atoms with E-state index >= 15 is 0 Å². The Hall–Kier alpha value is -1.35. The summed E-state index contributed by atoms with van der Waals surface area (Å²) < 4.78 is 0. The lowest BCUT2D eigenvalue weighted by Crippen LogP contribution is -2.36. The van der Waals surface area contributed by atoms with Crippen LogP contribution in [0.2, 0.25) is 0 Å². The normalized spacial score (nSPS) is 19.9.